The summed E-state index contributed by atoms with van der Waals surface area (Å²) in [5.74, 6) is 0. The fraction of sp³-hybridized carbons (Fsp3) is 0.857. The van der Waals surface area contributed by atoms with Gasteiger partial charge in [-0.1, -0.05) is 0 Å². The van der Waals surface area contributed by atoms with E-state index in [9.17, 15) is 0 Å². The van der Waals surface area contributed by atoms with Gasteiger partial charge in [0.1, 0.15) is 0 Å². The second kappa shape index (κ2) is 13.5. The highest BCUT2D eigenvalue weighted by Gasteiger charge is 2.14. The zero-order valence-corrected chi connectivity index (χ0v) is 23.4. The van der Waals surface area contributed by atoms with Gasteiger partial charge in [0.15, 0.2) is 15.3 Å². The van der Waals surface area contributed by atoms with Crippen molar-refractivity contribution in [1.82, 2.24) is 36.8 Å². The zero-order chi connectivity index (χ0) is 24.3. The molecule has 0 aromatic heterocycles. The van der Waals surface area contributed by atoms with Crippen molar-refractivity contribution in [2.45, 2.75) is 78.9 Å². The van der Waals surface area contributed by atoms with E-state index >= 15 is 0 Å². The monoisotopic (exact) mass is 491 g/mol. The molecular weight excluding hydrogens is 446 g/mol. The molecule has 0 aromatic carbocycles. The van der Waals surface area contributed by atoms with Crippen LogP contribution in [0.25, 0.3) is 0 Å². The van der Waals surface area contributed by atoms with E-state index in [1.165, 1.54) is 0 Å². The van der Waals surface area contributed by atoms with E-state index in [2.05, 4.69) is 99.1 Å². The molecule has 0 aromatic rings. The average molecular weight is 492 g/mol. The van der Waals surface area contributed by atoms with Crippen molar-refractivity contribution < 1.29 is 0 Å². The summed E-state index contributed by atoms with van der Waals surface area (Å²) in [6.45, 7) is 23.7. The van der Waals surface area contributed by atoms with Crippen molar-refractivity contribution in [2.75, 3.05) is 39.3 Å². The van der Waals surface area contributed by atoms with E-state index in [0.29, 0.717) is 15.3 Å². The predicted molar refractivity (Wildman–Crippen MR) is 147 cm³/mol. The Kier molecular flexibility index (Phi) is 13.1. The maximum atomic E-state index is 5.38. The van der Waals surface area contributed by atoms with Crippen LogP contribution in [0, 0.1) is 0 Å². The topological polar surface area (TPSA) is 75.4 Å². The minimum Gasteiger partial charge on any atom is -0.361 e. The number of nitrogens with one attached hydrogen (secondary N) is 6. The molecule has 0 aliphatic heterocycles. The van der Waals surface area contributed by atoms with Crippen molar-refractivity contribution in [1.29, 1.82) is 0 Å². The molecule has 0 spiro atoms. The first-order valence-electron chi connectivity index (χ1n) is 10.9. The Balaban J connectivity index is 4.55. The van der Waals surface area contributed by atoms with Crippen LogP contribution >= 0.6 is 36.7 Å². The Morgan fingerprint density at radius 2 is 0.742 bits per heavy atom. The van der Waals surface area contributed by atoms with Crippen LogP contribution in [0.5, 0.6) is 0 Å². The van der Waals surface area contributed by atoms with Crippen molar-refractivity contribution in [3.8, 4) is 0 Å². The Morgan fingerprint density at radius 3 is 0.935 bits per heavy atom. The first kappa shape index (κ1) is 30.0. The van der Waals surface area contributed by atoms with E-state index in [1.54, 1.807) is 0 Å². The third kappa shape index (κ3) is 20.7. The first-order chi connectivity index (χ1) is 14.0. The normalized spacial score (nSPS) is 12.2. The standard InChI is InChI=1S/C21H45N7S3/c1-19(2,3)25-16(29)22-10-13-28(14-11-23-17(30)26-20(4,5)6)15-12-24-18(31)27-21(7,8)9/h10-15H2,1-9H3,(H2,22,25,29)(H2,23,26,30)(H2,24,27,31). The second-order valence-electron chi connectivity index (χ2n) is 10.7. The molecule has 0 atom stereocenters. The van der Waals surface area contributed by atoms with Gasteiger partial charge in [0.05, 0.1) is 0 Å². The second-order valence-corrected chi connectivity index (χ2v) is 12.0. The highest BCUT2D eigenvalue weighted by Crippen LogP contribution is 1.99. The van der Waals surface area contributed by atoms with E-state index < -0.39 is 0 Å². The molecule has 0 amide bonds. The number of thiocarbonyl (C=S) groups is 3. The Hall–Kier alpha value is -0.970. The fourth-order valence-electron chi connectivity index (χ4n) is 2.47. The van der Waals surface area contributed by atoms with Gasteiger partial charge in [0.2, 0.25) is 0 Å². The summed E-state index contributed by atoms with van der Waals surface area (Å²) in [7, 11) is 0. The molecular formula is C21H45N7S3. The van der Waals surface area contributed by atoms with Crippen LogP contribution in [0.4, 0.5) is 0 Å². The van der Waals surface area contributed by atoms with Crippen molar-refractivity contribution in [3.63, 3.8) is 0 Å². The van der Waals surface area contributed by atoms with Gasteiger partial charge in [-0.15, -0.1) is 0 Å². The SMILES string of the molecule is CC(C)(C)NC(=S)NCCN(CCNC(=S)NC(C)(C)C)CCNC(=S)NC(C)(C)C. The van der Waals surface area contributed by atoms with Gasteiger partial charge in [0.25, 0.3) is 0 Å². The van der Waals surface area contributed by atoms with Crippen LogP contribution in [0.2, 0.25) is 0 Å². The van der Waals surface area contributed by atoms with Gasteiger partial charge in [-0.2, -0.15) is 0 Å². The van der Waals surface area contributed by atoms with Gasteiger partial charge in [-0.25, -0.2) is 0 Å². The summed E-state index contributed by atoms with van der Waals surface area (Å²) in [4.78, 5) is 2.35. The summed E-state index contributed by atoms with van der Waals surface area (Å²) in [5.41, 5.74) is -0.157. The number of nitrogens with zero attached hydrogens (tertiary/aromatic N) is 1. The minimum absolute atomic E-state index is 0.0525. The lowest BCUT2D eigenvalue weighted by Crippen LogP contribution is -2.51. The van der Waals surface area contributed by atoms with Crippen LogP contribution in [-0.2, 0) is 0 Å². The van der Waals surface area contributed by atoms with Crippen molar-refractivity contribution >= 4 is 52.0 Å². The smallest absolute Gasteiger partial charge is 0.166 e. The highest BCUT2D eigenvalue weighted by molar-refractivity contribution is 7.80. The van der Waals surface area contributed by atoms with E-state index in [1.807, 2.05) is 0 Å². The zero-order valence-electron chi connectivity index (χ0n) is 20.9. The molecule has 0 heterocycles. The molecule has 0 rings (SSSR count). The van der Waals surface area contributed by atoms with Gasteiger partial charge in [-0.3, -0.25) is 4.90 Å². The Bertz CT molecular complexity index is 494. The van der Waals surface area contributed by atoms with Gasteiger partial charge in [-0.05, 0) is 99.0 Å². The molecule has 7 nitrogen and oxygen atoms in total. The summed E-state index contributed by atoms with van der Waals surface area (Å²) < 4.78 is 0. The molecule has 0 aliphatic carbocycles. The molecule has 0 saturated heterocycles. The minimum atomic E-state index is -0.0525. The molecule has 0 bridgehead atoms. The molecule has 0 fully saturated rings. The maximum Gasteiger partial charge on any atom is 0.166 e. The average Bonchev–Trinajstić information content (AvgIpc) is 2.49. The molecule has 10 heteroatoms. The Morgan fingerprint density at radius 1 is 0.516 bits per heavy atom. The number of hydrogen-bond donors (Lipinski definition) is 6. The largest absolute Gasteiger partial charge is 0.361 e. The molecule has 182 valence electrons. The summed E-state index contributed by atoms with van der Waals surface area (Å²) in [5, 5.41) is 21.7. The van der Waals surface area contributed by atoms with Crippen LogP contribution in [0.1, 0.15) is 62.3 Å². The third-order valence-corrected chi connectivity index (χ3v) is 4.35. The van der Waals surface area contributed by atoms with Crippen LogP contribution < -0.4 is 31.9 Å². The molecule has 0 saturated carbocycles. The number of rotatable bonds is 9. The summed E-state index contributed by atoms with van der Waals surface area (Å²) >= 11 is 16.1. The van der Waals surface area contributed by atoms with Crippen molar-refractivity contribution in [3.05, 3.63) is 0 Å². The van der Waals surface area contributed by atoms with E-state index in [0.717, 1.165) is 39.3 Å². The lowest BCUT2D eigenvalue weighted by Gasteiger charge is -2.27. The van der Waals surface area contributed by atoms with Gasteiger partial charge >= 0.3 is 0 Å². The Labute approximate surface area is 206 Å². The van der Waals surface area contributed by atoms with E-state index in [4.69, 9.17) is 36.7 Å². The molecule has 31 heavy (non-hydrogen) atoms. The lowest BCUT2D eigenvalue weighted by molar-refractivity contribution is 0.285. The highest BCUT2D eigenvalue weighted by atomic mass is 32.1. The lowest BCUT2D eigenvalue weighted by atomic mass is 10.1. The summed E-state index contributed by atoms with van der Waals surface area (Å²) in [6.07, 6.45) is 0. The fourth-order valence-corrected chi connectivity index (χ4v) is 3.70. The molecule has 0 aliphatic rings. The van der Waals surface area contributed by atoms with Crippen LogP contribution in [0.15, 0.2) is 0 Å². The molecule has 6 N–H and O–H groups in total. The summed E-state index contributed by atoms with van der Waals surface area (Å²) in [6, 6.07) is 0. The maximum absolute atomic E-state index is 5.38. The third-order valence-electron chi connectivity index (χ3n) is 3.61. The van der Waals surface area contributed by atoms with E-state index in [-0.39, 0.29) is 16.6 Å². The van der Waals surface area contributed by atoms with Crippen LogP contribution in [-0.4, -0.2) is 76.1 Å². The van der Waals surface area contributed by atoms with Gasteiger partial charge < -0.3 is 31.9 Å². The van der Waals surface area contributed by atoms with Crippen molar-refractivity contribution in [2.24, 2.45) is 0 Å². The molecule has 0 unspecified atom stereocenters. The van der Waals surface area contributed by atoms with Crippen LogP contribution in [0.3, 0.4) is 0 Å². The molecule has 0 radical (unpaired) electrons. The predicted octanol–water partition coefficient (Wildman–Crippen LogP) is 2.08. The first-order valence-corrected chi connectivity index (χ1v) is 12.1. The number of hydrogen-bond acceptors (Lipinski definition) is 4. The van der Waals surface area contributed by atoms with Gasteiger partial charge in [0, 0.05) is 55.9 Å². The quantitative estimate of drug-likeness (QED) is 0.270.